The molecule has 2 aromatic heterocycles. The van der Waals surface area contributed by atoms with Crippen LogP contribution in [-0.4, -0.2) is 21.0 Å². The van der Waals surface area contributed by atoms with Gasteiger partial charge < -0.3 is 5.11 Å². The summed E-state index contributed by atoms with van der Waals surface area (Å²) in [5, 5.41) is 9.94. The van der Waals surface area contributed by atoms with Crippen molar-refractivity contribution >= 4 is 17.3 Å². The van der Waals surface area contributed by atoms with E-state index in [1.165, 1.54) is 11.3 Å². The molecule has 0 atom stereocenters. The van der Waals surface area contributed by atoms with Crippen LogP contribution >= 0.6 is 11.3 Å². The molecule has 0 aliphatic heterocycles. The molecule has 0 fully saturated rings. The van der Waals surface area contributed by atoms with Gasteiger partial charge in [-0.05, 0) is 24.5 Å². The summed E-state index contributed by atoms with van der Waals surface area (Å²) in [6.45, 7) is 4.07. The summed E-state index contributed by atoms with van der Waals surface area (Å²) in [4.78, 5) is 20.4. The van der Waals surface area contributed by atoms with Crippen LogP contribution < -0.4 is 0 Å². The minimum absolute atomic E-state index is 0.338. The molecular weight excluding hydrogens is 260 g/mol. The molecule has 0 aliphatic carbocycles. The Morgan fingerprint density at radius 3 is 2.84 bits per heavy atom. The molecule has 19 heavy (non-hydrogen) atoms. The third-order valence-electron chi connectivity index (χ3n) is 2.85. The molecule has 2 aromatic rings. The molecule has 1 N–H and O–H groups in total. The number of carboxylic acid groups (broad SMARTS) is 1. The zero-order chi connectivity index (χ0) is 13.8. The Kier molecular flexibility index (Phi) is 4.27. The lowest BCUT2D eigenvalue weighted by Crippen LogP contribution is -1.98. The lowest BCUT2D eigenvalue weighted by atomic mass is 10.1. The third kappa shape index (κ3) is 2.81. The zero-order valence-electron chi connectivity index (χ0n) is 11.0. The van der Waals surface area contributed by atoms with Crippen molar-refractivity contribution in [3.05, 3.63) is 34.5 Å². The Bertz CT molecular complexity index is 593. The molecule has 2 heterocycles. The second kappa shape index (κ2) is 5.93. The highest BCUT2D eigenvalue weighted by Crippen LogP contribution is 2.29. The van der Waals surface area contributed by atoms with Crippen molar-refractivity contribution in [2.24, 2.45) is 0 Å². The number of aryl methyl sites for hydroxylation is 2. The zero-order valence-corrected chi connectivity index (χ0v) is 11.8. The van der Waals surface area contributed by atoms with E-state index in [0.717, 1.165) is 24.1 Å². The minimum Gasteiger partial charge on any atom is -0.477 e. The first kappa shape index (κ1) is 13.7. The molecule has 0 radical (unpaired) electrons. The van der Waals surface area contributed by atoms with Gasteiger partial charge in [0.05, 0.1) is 5.69 Å². The van der Waals surface area contributed by atoms with E-state index in [2.05, 4.69) is 16.9 Å². The van der Waals surface area contributed by atoms with E-state index in [1.807, 2.05) is 19.1 Å². The van der Waals surface area contributed by atoms with Crippen LogP contribution in [0.1, 0.15) is 41.2 Å². The standard InChI is InChI=1S/C14H16N2O2S/c1-3-6-10-12(14(17)18)19-13(16-10)11-9(4-2)7-5-8-15-11/h5,7-8H,3-4,6H2,1-2H3,(H,17,18). The van der Waals surface area contributed by atoms with Crippen molar-refractivity contribution in [1.29, 1.82) is 0 Å². The molecule has 2 rings (SSSR count). The minimum atomic E-state index is -0.902. The number of rotatable bonds is 5. The molecule has 0 bridgehead atoms. The van der Waals surface area contributed by atoms with E-state index >= 15 is 0 Å². The van der Waals surface area contributed by atoms with E-state index in [1.54, 1.807) is 6.20 Å². The topological polar surface area (TPSA) is 63.1 Å². The van der Waals surface area contributed by atoms with E-state index in [4.69, 9.17) is 0 Å². The highest BCUT2D eigenvalue weighted by molar-refractivity contribution is 7.17. The van der Waals surface area contributed by atoms with Gasteiger partial charge in [0.25, 0.3) is 0 Å². The predicted octanol–water partition coefficient (Wildman–Crippen LogP) is 3.42. The highest BCUT2D eigenvalue weighted by Gasteiger charge is 2.19. The Labute approximate surface area is 116 Å². The van der Waals surface area contributed by atoms with Gasteiger partial charge in [-0.1, -0.05) is 26.3 Å². The number of aromatic nitrogens is 2. The fraction of sp³-hybridized carbons (Fsp3) is 0.357. The maximum absolute atomic E-state index is 11.2. The molecule has 0 aliphatic rings. The number of nitrogens with zero attached hydrogens (tertiary/aromatic N) is 2. The second-order valence-electron chi connectivity index (χ2n) is 4.21. The fourth-order valence-electron chi connectivity index (χ4n) is 1.94. The summed E-state index contributed by atoms with van der Waals surface area (Å²) in [7, 11) is 0. The average molecular weight is 276 g/mol. The van der Waals surface area contributed by atoms with Crippen molar-refractivity contribution in [2.45, 2.75) is 33.1 Å². The number of thiazole rings is 1. The van der Waals surface area contributed by atoms with Crippen LogP contribution in [0.3, 0.4) is 0 Å². The summed E-state index contributed by atoms with van der Waals surface area (Å²) in [5.74, 6) is -0.902. The summed E-state index contributed by atoms with van der Waals surface area (Å²) < 4.78 is 0. The van der Waals surface area contributed by atoms with Crippen molar-refractivity contribution in [1.82, 2.24) is 9.97 Å². The van der Waals surface area contributed by atoms with Gasteiger partial charge in [-0.25, -0.2) is 9.78 Å². The van der Waals surface area contributed by atoms with Gasteiger partial charge in [0.1, 0.15) is 15.6 Å². The maximum atomic E-state index is 11.2. The number of hydrogen-bond acceptors (Lipinski definition) is 4. The molecule has 100 valence electrons. The lowest BCUT2D eigenvalue weighted by Gasteiger charge is -2.02. The summed E-state index contributed by atoms with van der Waals surface area (Å²) in [6.07, 6.45) is 4.14. The van der Waals surface area contributed by atoms with Crippen molar-refractivity contribution in [3.63, 3.8) is 0 Å². The van der Waals surface area contributed by atoms with E-state index in [0.29, 0.717) is 22.0 Å². The van der Waals surface area contributed by atoms with Crippen molar-refractivity contribution < 1.29 is 9.90 Å². The molecule has 0 aromatic carbocycles. The number of pyridine rings is 1. The first-order valence-electron chi connectivity index (χ1n) is 6.34. The molecule has 0 unspecified atom stereocenters. The Hall–Kier alpha value is -1.75. The number of carboxylic acids is 1. The van der Waals surface area contributed by atoms with Crippen LogP contribution in [-0.2, 0) is 12.8 Å². The first-order chi connectivity index (χ1) is 9.17. The normalized spacial score (nSPS) is 10.6. The summed E-state index contributed by atoms with van der Waals surface area (Å²) >= 11 is 1.22. The van der Waals surface area contributed by atoms with Crippen LogP contribution in [0, 0.1) is 0 Å². The summed E-state index contributed by atoms with van der Waals surface area (Å²) in [5.41, 5.74) is 2.57. The van der Waals surface area contributed by atoms with Crippen molar-refractivity contribution in [3.8, 4) is 10.7 Å². The van der Waals surface area contributed by atoms with Gasteiger partial charge in [-0.2, -0.15) is 0 Å². The van der Waals surface area contributed by atoms with Crippen LogP contribution in [0.5, 0.6) is 0 Å². The Balaban J connectivity index is 2.51. The van der Waals surface area contributed by atoms with Gasteiger partial charge in [-0.3, -0.25) is 4.98 Å². The first-order valence-corrected chi connectivity index (χ1v) is 7.16. The molecule has 0 spiro atoms. The number of aromatic carboxylic acids is 1. The highest BCUT2D eigenvalue weighted by atomic mass is 32.1. The van der Waals surface area contributed by atoms with E-state index in [9.17, 15) is 9.90 Å². The fourth-order valence-corrected chi connectivity index (χ4v) is 2.93. The van der Waals surface area contributed by atoms with Gasteiger partial charge >= 0.3 is 5.97 Å². The van der Waals surface area contributed by atoms with Gasteiger partial charge in [0.15, 0.2) is 0 Å². The average Bonchev–Trinajstić information content (AvgIpc) is 2.83. The molecule has 0 saturated heterocycles. The monoisotopic (exact) mass is 276 g/mol. The second-order valence-corrected chi connectivity index (χ2v) is 5.21. The van der Waals surface area contributed by atoms with Crippen LogP contribution in [0.25, 0.3) is 10.7 Å². The molecule has 5 heteroatoms. The SMILES string of the molecule is CCCc1nc(-c2ncccc2CC)sc1C(=O)O. The molecule has 0 saturated carbocycles. The number of carbonyl (C=O) groups is 1. The number of hydrogen-bond donors (Lipinski definition) is 1. The maximum Gasteiger partial charge on any atom is 0.347 e. The molecular formula is C14H16N2O2S. The smallest absolute Gasteiger partial charge is 0.347 e. The van der Waals surface area contributed by atoms with Crippen LogP contribution in [0.4, 0.5) is 0 Å². The third-order valence-corrected chi connectivity index (χ3v) is 3.95. The van der Waals surface area contributed by atoms with Crippen LogP contribution in [0.15, 0.2) is 18.3 Å². The van der Waals surface area contributed by atoms with Crippen LogP contribution in [0.2, 0.25) is 0 Å². The predicted molar refractivity (Wildman–Crippen MR) is 75.7 cm³/mol. The lowest BCUT2D eigenvalue weighted by molar-refractivity contribution is 0.0700. The van der Waals surface area contributed by atoms with E-state index < -0.39 is 5.97 Å². The van der Waals surface area contributed by atoms with E-state index in [-0.39, 0.29) is 0 Å². The van der Waals surface area contributed by atoms with Gasteiger partial charge in [0, 0.05) is 6.20 Å². The van der Waals surface area contributed by atoms with Gasteiger partial charge in [0.2, 0.25) is 0 Å². The largest absolute Gasteiger partial charge is 0.477 e. The quantitative estimate of drug-likeness (QED) is 0.909. The molecule has 4 nitrogen and oxygen atoms in total. The van der Waals surface area contributed by atoms with Gasteiger partial charge in [-0.15, -0.1) is 11.3 Å². The van der Waals surface area contributed by atoms with Crippen molar-refractivity contribution in [2.75, 3.05) is 0 Å². The molecule has 0 amide bonds. The Morgan fingerprint density at radius 2 is 2.21 bits per heavy atom. The Morgan fingerprint density at radius 1 is 1.42 bits per heavy atom. The summed E-state index contributed by atoms with van der Waals surface area (Å²) in [6, 6.07) is 3.89.